The minimum absolute atomic E-state index is 0.311. The van der Waals surface area contributed by atoms with Crippen molar-refractivity contribution >= 4 is 29.2 Å². The van der Waals surface area contributed by atoms with E-state index in [1.54, 1.807) is 18.2 Å². The first-order valence-corrected chi connectivity index (χ1v) is 6.14. The van der Waals surface area contributed by atoms with Crippen LogP contribution in [0, 0.1) is 11.3 Å². The molecule has 4 heteroatoms. The molecular formula is C13H16Cl2O2. The first kappa shape index (κ1) is 14.3. The van der Waals surface area contributed by atoms with Crippen molar-refractivity contribution in [1.82, 2.24) is 0 Å². The van der Waals surface area contributed by atoms with Crippen molar-refractivity contribution in [1.29, 1.82) is 0 Å². The van der Waals surface area contributed by atoms with Gasteiger partial charge in [-0.05, 0) is 29.5 Å². The van der Waals surface area contributed by atoms with Crippen LogP contribution in [-0.4, -0.2) is 11.1 Å². The van der Waals surface area contributed by atoms with Crippen LogP contribution in [0.3, 0.4) is 0 Å². The maximum absolute atomic E-state index is 11.3. The maximum atomic E-state index is 11.3. The summed E-state index contributed by atoms with van der Waals surface area (Å²) >= 11 is 11.9. The van der Waals surface area contributed by atoms with Crippen molar-refractivity contribution in [3.05, 3.63) is 33.8 Å². The molecule has 0 heterocycles. The van der Waals surface area contributed by atoms with E-state index >= 15 is 0 Å². The van der Waals surface area contributed by atoms with Gasteiger partial charge in [-0.25, -0.2) is 0 Å². The fourth-order valence-electron chi connectivity index (χ4n) is 1.67. The van der Waals surface area contributed by atoms with Crippen molar-refractivity contribution in [2.75, 3.05) is 0 Å². The first-order valence-electron chi connectivity index (χ1n) is 5.38. The van der Waals surface area contributed by atoms with Gasteiger partial charge in [-0.3, -0.25) is 4.79 Å². The van der Waals surface area contributed by atoms with E-state index in [-0.39, 0.29) is 5.41 Å². The Bertz CT molecular complexity index is 422. The molecule has 0 saturated carbocycles. The van der Waals surface area contributed by atoms with E-state index in [2.05, 4.69) is 0 Å². The third kappa shape index (κ3) is 3.90. The standard InChI is InChI=1S/C13H16Cl2O2/c1-13(2,3)10(12(16)17)6-8-4-5-9(14)7-11(8)15/h4-5,7,10H,6H2,1-3H3,(H,16,17). The van der Waals surface area contributed by atoms with E-state index in [4.69, 9.17) is 23.2 Å². The SMILES string of the molecule is CC(C)(C)C(Cc1ccc(Cl)cc1Cl)C(=O)O. The minimum Gasteiger partial charge on any atom is -0.481 e. The van der Waals surface area contributed by atoms with Gasteiger partial charge in [0.25, 0.3) is 0 Å². The van der Waals surface area contributed by atoms with E-state index in [9.17, 15) is 9.90 Å². The molecule has 1 N–H and O–H groups in total. The van der Waals surface area contributed by atoms with E-state index in [0.29, 0.717) is 16.5 Å². The summed E-state index contributed by atoms with van der Waals surface area (Å²) in [5.74, 6) is -1.27. The van der Waals surface area contributed by atoms with E-state index in [1.807, 2.05) is 20.8 Å². The van der Waals surface area contributed by atoms with Crippen LogP contribution >= 0.6 is 23.2 Å². The summed E-state index contributed by atoms with van der Waals surface area (Å²) in [6.07, 6.45) is 0.412. The van der Waals surface area contributed by atoms with Gasteiger partial charge in [-0.2, -0.15) is 0 Å². The number of rotatable bonds is 3. The van der Waals surface area contributed by atoms with Crippen molar-refractivity contribution in [3.63, 3.8) is 0 Å². The normalized spacial score (nSPS) is 13.5. The summed E-state index contributed by atoms with van der Waals surface area (Å²) in [6.45, 7) is 5.74. The molecule has 1 aromatic rings. The number of benzene rings is 1. The van der Waals surface area contributed by atoms with Gasteiger partial charge in [-0.1, -0.05) is 50.0 Å². The molecule has 0 saturated heterocycles. The highest BCUT2D eigenvalue weighted by molar-refractivity contribution is 6.35. The van der Waals surface area contributed by atoms with Crippen LogP contribution in [0.4, 0.5) is 0 Å². The molecule has 1 rings (SSSR count). The Morgan fingerprint density at radius 1 is 1.35 bits per heavy atom. The first-order chi connectivity index (χ1) is 7.71. The molecule has 0 aromatic heterocycles. The third-order valence-corrected chi connectivity index (χ3v) is 3.37. The van der Waals surface area contributed by atoms with Gasteiger partial charge in [0.1, 0.15) is 0 Å². The maximum Gasteiger partial charge on any atom is 0.307 e. The van der Waals surface area contributed by atoms with Crippen LogP contribution < -0.4 is 0 Å². The Labute approximate surface area is 112 Å². The van der Waals surface area contributed by atoms with Crippen LogP contribution in [0.5, 0.6) is 0 Å². The molecule has 94 valence electrons. The number of hydrogen-bond acceptors (Lipinski definition) is 1. The smallest absolute Gasteiger partial charge is 0.307 e. The predicted molar refractivity (Wildman–Crippen MR) is 70.7 cm³/mol. The zero-order valence-corrected chi connectivity index (χ0v) is 11.6. The van der Waals surface area contributed by atoms with Gasteiger partial charge in [0.15, 0.2) is 0 Å². The van der Waals surface area contributed by atoms with Crippen LogP contribution in [0.25, 0.3) is 0 Å². The van der Waals surface area contributed by atoms with Crippen LogP contribution in [-0.2, 0) is 11.2 Å². The molecule has 0 spiro atoms. The number of aliphatic carboxylic acids is 1. The van der Waals surface area contributed by atoms with Crippen molar-refractivity contribution in [2.45, 2.75) is 27.2 Å². The lowest BCUT2D eigenvalue weighted by Crippen LogP contribution is -2.30. The fraction of sp³-hybridized carbons (Fsp3) is 0.462. The summed E-state index contributed by atoms with van der Waals surface area (Å²) in [7, 11) is 0. The lowest BCUT2D eigenvalue weighted by Gasteiger charge is -2.27. The molecule has 2 nitrogen and oxygen atoms in total. The van der Waals surface area contributed by atoms with Crippen molar-refractivity contribution < 1.29 is 9.90 Å². The highest BCUT2D eigenvalue weighted by Crippen LogP contribution is 2.32. The molecule has 0 aliphatic heterocycles. The summed E-state index contributed by atoms with van der Waals surface area (Å²) in [5, 5.41) is 10.3. The highest BCUT2D eigenvalue weighted by Gasteiger charge is 2.31. The van der Waals surface area contributed by atoms with Gasteiger partial charge in [-0.15, -0.1) is 0 Å². The summed E-state index contributed by atoms with van der Waals surface area (Å²) in [5.41, 5.74) is 0.507. The number of hydrogen-bond donors (Lipinski definition) is 1. The van der Waals surface area contributed by atoms with E-state index < -0.39 is 11.9 Å². The molecule has 17 heavy (non-hydrogen) atoms. The van der Waals surface area contributed by atoms with Crippen molar-refractivity contribution in [2.24, 2.45) is 11.3 Å². The number of carboxylic acids is 1. The zero-order chi connectivity index (χ0) is 13.2. The van der Waals surface area contributed by atoms with Crippen LogP contribution in [0.1, 0.15) is 26.3 Å². The molecule has 0 aliphatic carbocycles. The van der Waals surface area contributed by atoms with Gasteiger partial charge < -0.3 is 5.11 Å². The lowest BCUT2D eigenvalue weighted by molar-refractivity contribution is -0.145. The van der Waals surface area contributed by atoms with Gasteiger partial charge in [0.05, 0.1) is 5.92 Å². The van der Waals surface area contributed by atoms with Gasteiger partial charge >= 0.3 is 5.97 Å². The fourth-order valence-corrected chi connectivity index (χ4v) is 2.16. The van der Waals surface area contributed by atoms with Gasteiger partial charge in [0, 0.05) is 10.0 Å². The van der Waals surface area contributed by atoms with Crippen LogP contribution in [0.2, 0.25) is 10.0 Å². The molecule has 0 radical (unpaired) electrons. The molecule has 1 aromatic carbocycles. The topological polar surface area (TPSA) is 37.3 Å². The zero-order valence-electron chi connectivity index (χ0n) is 10.1. The van der Waals surface area contributed by atoms with Crippen LogP contribution in [0.15, 0.2) is 18.2 Å². The average Bonchev–Trinajstić information content (AvgIpc) is 2.13. The Hall–Kier alpha value is -0.730. The molecule has 0 bridgehead atoms. The average molecular weight is 275 g/mol. The van der Waals surface area contributed by atoms with E-state index in [1.165, 1.54) is 0 Å². The number of carboxylic acid groups (broad SMARTS) is 1. The molecule has 0 amide bonds. The minimum atomic E-state index is -0.802. The summed E-state index contributed by atoms with van der Waals surface area (Å²) in [4.78, 5) is 11.3. The molecule has 1 atom stereocenters. The monoisotopic (exact) mass is 274 g/mol. The summed E-state index contributed by atoms with van der Waals surface area (Å²) in [6, 6.07) is 5.15. The molecule has 0 fully saturated rings. The second-order valence-electron chi connectivity index (χ2n) is 5.20. The highest BCUT2D eigenvalue weighted by atomic mass is 35.5. The van der Waals surface area contributed by atoms with E-state index in [0.717, 1.165) is 5.56 Å². The predicted octanol–water partition coefficient (Wildman–Crippen LogP) is 4.28. The summed E-state index contributed by atoms with van der Waals surface area (Å²) < 4.78 is 0. The third-order valence-electron chi connectivity index (χ3n) is 2.78. The quantitative estimate of drug-likeness (QED) is 0.893. The Balaban J connectivity index is 2.98. The second kappa shape index (κ2) is 5.28. The molecular weight excluding hydrogens is 259 g/mol. The molecule has 0 aliphatic rings. The Kier molecular flexibility index (Phi) is 4.45. The van der Waals surface area contributed by atoms with Gasteiger partial charge in [0.2, 0.25) is 0 Å². The molecule has 1 unspecified atom stereocenters. The largest absolute Gasteiger partial charge is 0.481 e. The number of halogens is 2. The number of carbonyl (C=O) groups is 1. The Morgan fingerprint density at radius 3 is 2.35 bits per heavy atom. The second-order valence-corrected chi connectivity index (χ2v) is 6.04. The lowest BCUT2D eigenvalue weighted by atomic mass is 9.77. The van der Waals surface area contributed by atoms with Crippen molar-refractivity contribution in [3.8, 4) is 0 Å². The Morgan fingerprint density at radius 2 is 1.94 bits per heavy atom.